The van der Waals surface area contributed by atoms with Crippen LogP contribution in [0.15, 0.2) is 24.3 Å². The predicted molar refractivity (Wildman–Crippen MR) is 76.5 cm³/mol. The van der Waals surface area contributed by atoms with Crippen molar-refractivity contribution in [2.45, 2.75) is 26.4 Å². The molecule has 1 heterocycles. The van der Waals surface area contributed by atoms with Crippen LogP contribution in [0.2, 0.25) is 0 Å². The van der Waals surface area contributed by atoms with Gasteiger partial charge in [-0.2, -0.15) is 0 Å². The van der Waals surface area contributed by atoms with Gasteiger partial charge >= 0.3 is 0 Å². The molecule has 1 aliphatic heterocycles. The van der Waals surface area contributed by atoms with E-state index in [1.807, 2.05) is 13.1 Å². The van der Waals surface area contributed by atoms with Crippen LogP contribution in [0.4, 0.5) is 5.69 Å². The zero-order valence-corrected chi connectivity index (χ0v) is 11.6. The third kappa shape index (κ3) is 3.39. The lowest BCUT2D eigenvalue weighted by Gasteiger charge is -2.20. The first-order valence-electron chi connectivity index (χ1n) is 6.85. The fourth-order valence-electron chi connectivity index (χ4n) is 2.55. The van der Waals surface area contributed by atoms with Gasteiger partial charge in [-0.25, -0.2) is 0 Å². The number of nitrogens with one attached hydrogen (secondary N) is 1. The molecule has 0 amide bonds. The van der Waals surface area contributed by atoms with E-state index in [1.54, 1.807) is 0 Å². The standard InChI is InChI=1S/C15H24N2O/c1-12(2)18-15-6-4-5-14(9-15)17-8-7-13(11-17)10-16-3/h4-6,9,12-13,16H,7-8,10-11H2,1-3H3. The first kappa shape index (κ1) is 13.2. The number of hydrogen-bond acceptors (Lipinski definition) is 3. The van der Waals surface area contributed by atoms with Gasteiger partial charge in [0, 0.05) is 24.8 Å². The summed E-state index contributed by atoms with van der Waals surface area (Å²) < 4.78 is 5.75. The van der Waals surface area contributed by atoms with Gasteiger partial charge in [0.05, 0.1) is 6.10 Å². The van der Waals surface area contributed by atoms with Crippen molar-refractivity contribution in [1.29, 1.82) is 0 Å². The Labute approximate surface area is 110 Å². The summed E-state index contributed by atoms with van der Waals surface area (Å²) in [5.41, 5.74) is 1.28. The van der Waals surface area contributed by atoms with Crippen LogP contribution in [0.1, 0.15) is 20.3 Å². The summed E-state index contributed by atoms with van der Waals surface area (Å²) in [5.74, 6) is 1.74. The maximum Gasteiger partial charge on any atom is 0.121 e. The van der Waals surface area contributed by atoms with Crippen LogP contribution in [0, 0.1) is 5.92 Å². The van der Waals surface area contributed by atoms with Crippen LogP contribution in [-0.2, 0) is 0 Å². The molecule has 1 aromatic carbocycles. The van der Waals surface area contributed by atoms with E-state index >= 15 is 0 Å². The molecule has 100 valence electrons. The first-order valence-corrected chi connectivity index (χ1v) is 6.85. The van der Waals surface area contributed by atoms with E-state index in [1.165, 1.54) is 12.1 Å². The molecular weight excluding hydrogens is 224 g/mol. The Kier molecular flexibility index (Phi) is 4.48. The van der Waals surface area contributed by atoms with Gasteiger partial charge in [-0.1, -0.05) is 6.07 Å². The van der Waals surface area contributed by atoms with Crippen molar-refractivity contribution >= 4 is 5.69 Å². The van der Waals surface area contributed by atoms with Crippen molar-refractivity contribution in [2.75, 3.05) is 31.6 Å². The van der Waals surface area contributed by atoms with E-state index in [2.05, 4.69) is 42.3 Å². The van der Waals surface area contributed by atoms with Gasteiger partial charge in [0.1, 0.15) is 5.75 Å². The number of rotatable bonds is 5. The zero-order chi connectivity index (χ0) is 13.0. The molecule has 1 unspecified atom stereocenters. The van der Waals surface area contributed by atoms with Crippen LogP contribution in [0.3, 0.4) is 0 Å². The topological polar surface area (TPSA) is 24.5 Å². The van der Waals surface area contributed by atoms with Gasteiger partial charge in [0.25, 0.3) is 0 Å². The predicted octanol–water partition coefficient (Wildman–Crippen LogP) is 2.52. The molecule has 1 fully saturated rings. The molecule has 3 heteroatoms. The average molecular weight is 248 g/mol. The van der Waals surface area contributed by atoms with Gasteiger partial charge < -0.3 is 15.0 Å². The molecule has 0 radical (unpaired) electrons. The van der Waals surface area contributed by atoms with Crippen LogP contribution in [0.25, 0.3) is 0 Å². The van der Waals surface area contributed by atoms with Gasteiger partial charge in [-0.3, -0.25) is 0 Å². The summed E-state index contributed by atoms with van der Waals surface area (Å²) in [5, 5.41) is 3.27. The van der Waals surface area contributed by atoms with Gasteiger partial charge in [0.2, 0.25) is 0 Å². The van der Waals surface area contributed by atoms with E-state index in [0.29, 0.717) is 0 Å². The van der Waals surface area contributed by atoms with Crippen molar-refractivity contribution in [3.63, 3.8) is 0 Å². The summed E-state index contributed by atoms with van der Waals surface area (Å²) in [6, 6.07) is 8.44. The maximum atomic E-state index is 5.75. The lowest BCUT2D eigenvalue weighted by molar-refractivity contribution is 0.242. The van der Waals surface area contributed by atoms with Crippen LogP contribution in [0.5, 0.6) is 5.75 Å². The largest absolute Gasteiger partial charge is 0.491 e. The second-order valence-corrected chi connectivity index (χ2v) is 5.32. The fourth-order valence-corrected chi connectivity index (χ4v) is 2.55. The molecule has 0 spiro atoms. The molecule has 1 saturated heterocycles. The van der Waals surface area contributed by atoms with Gasteiger partial charge in [-0.05, 0) is 51.9 Å². The molecule has 0 aromatic heterocycles. The van der Waals surface area contributed by atoms with Crippen molar-refractivity contribution in [3.8, 4) is 5.75 Å². The summed E-state index contributed by atoms with van der Waals surface area (Å²) in [7, 11) is 2.03. The molecule has 0 saturated carbocycles. The zero-order valence-electron chi connectivity index (χ0n) is 11.6. The van der Waals surface area contributed by atoms with Crippen molar-refractivity contribution < 1.29 is 4.74 Å². The third-order valence-electron chi connectivity index (χ3n) is 3.33. The van der Waals surface area contributed by atoms with Crippen LogP contribution < -0.4 is 15.0 Å². The Balaban J connectivity index is 2.01. The number of hydrogen-bond donors (Lipinski definition) is 1. The Morgan fingerprint density at radius 3 is 3.00 bits per heavy atom. The summed E-state index contributed by atoms with van der Waals surface area (Å²) >= 11 is 0. The summed E-state index contributed by atoms with van der Waals surface area (Å²) in [6.07, 6.45) is 1.51. The van der Waals surface area contributed by atoms with E-state index in [9.17, 15) is 0 Å². The second kappa shape index (κ2) is 6.10. The molecule has 1 N–H and O–H groups in total. The van der Waals surface area contributed by atoms with Crippen molar-refractivity contribution in [3.05, 3.63) is 24.3 Å². The number of ether oxygens (including phenoxy) is 1. The molecule has 0 bridgehead atoms. The SMILES string of the molecule is CNCC1CCN(c2cccc(OC(C)C)c2)C1. The second-order valence-electron chi connectivity index (χ2n) is 5.32. The van der Waals surface area contributed by atoms with E-state index in [-0.39, 0.29) is 6.10 Å². The smallest absolute Gasteiger partial charge is 0.121 e. The number of anilines is 1. The first-order chi connectivity index (χ1) is 8.69. The Morgan fingerprint density at radius 2 is 2.28 bits per heavy atom. The van der Waals surface area contributed by atoms with Crippen molar-refractivity contribution in [1.82, 2.24) is 5.32 Å². The lowest BCUT2D eigenvalue weighted by atomic mass is 10.1. The highest BCUT2D eigenvalue weighted by Crippen LogP contribution is 2.27. The van der Waals surface area contributed by atoms with Crippen LogP contribution >= 0.6 is 0 Å². The molecule has 3 nitrogen and oxygen atoms in total. The summed E-state index contributed by atoms with van der Waals surface area (Å²) in [6.45, 7) is 7.53. The molecule has 1 aliphatic rings. The summed E-state index contributed by atoms with van der Waals surface area (Å²) in [4.78, 5) is 2.45. The Bertz CT molecular complexity index is 379. The highest BCUT2D eigenvalue weighted by atomic mass is 16.5. The highest BCUT2D eigenvalue weighted by molar-refractivity contribution is 5.51. The Morgan fingerprint density at radius 1 is 1.44 bits per heavy atom. The van der Waals surface area contributed by atoms with Gasteiger partial charge in [0.15, 0.2) is 0 Å². The van der Waals surface area contributed by atoms with Gasteiger partial charge in [-0.15, -0.1) is 0 Å². The van der Waals surface area contributed by atoms with E-state index in [0.717, 1.165) is 31.3 Å². The average Bonchev–Trinajstić information content (AvgIpc) is 2.78. The molecule has 1 atom stereocenters. The Hall–Kier alpha value is -1.22. The monoisotopic (exact) mass is 248 g/mol. The normalized spacial score (nSPS) is 19.6. The van der Waals surface area contributed by atoms with Crippen LogP contribution in [-0.4, -0.2) is 32.8 Å². The lowest BCUT2D eigenvalue weighted by Crippen LogP contribution is -2.24. The quantitative estimate of drug-likeness (QED) is 0.866. The molecule has 18 heavy (non-hydrogen) atoms. The molecule has 2 rings (SSSR count). The minimum absolute atomic E-state index is 0.232. The molecular formula is C15H24N2O. The molecule has 1 aromatic rings. The van der Waals surface area contributed by atoms with E-state index in [4.69, 9.17) is 4.74 Å². The minimum atomic E-state index is 0.232. The van der Waals surface area contributed by atoms with Crippen molar-refractivity contribution in [2.24, 2.45) is 5.92 Å². The maximum absolute atomic E-state index is 5.75. The van der Waals surface area contributed by atoms with E-state index < -0.39 is 0 Å². The number of nitrogens with zero attached hydrogens (tertiary/aromatic N) is 1. The fraction of sp³-hybridized carbons (Fsp3) is 0.600. The number of benzene rings is 1. The highest BCUT2D eigenvalue weighted by Gasteiger charge is 2.22. The minimum Gasteiger partial charge on any atom is -0.491 e. The third-order valence-corrected chi connectivity index (χ3v) is 3.33. The molecule has 0 aliphatic carbocycles.